The predicted octanol–water partition coefficient (Wildman–Crippen LogP) is 3.63. The lowest BCUT2D eigenvalue weighted by Crippen LogP contribution is -2.21. The maximum absolute atomic E-state index is 11.2. The number of thiazole rings is 1. The Morgan fingerprint density at radius 2 is 1.97 bits per heavy atom. The van der Waals surface area contributed by atoms with Crippen LogP contribution in [0.5, 0.6) is 0 Å². The molecule has 7 nitrogen and oxygen atoms in total. The number of thioether (sulfide) groups is 1. The summed E-state index contributed by atoms with van der Waals surface area (Å²) < 4.78 is 2.22. The zero-order chi connectivity index (χ0) is 20.1. The summed E-state index contributed by atoms with van der Waals surface area (Å²) in [6, 6.07) is 10.4. The van der Waals surface area contributed by atoms with Crippen molar-refractivity contribution in [1.82, 2.24) is 24.6 Å². The summed E-state index contributed by atoms with van der Waals surface area (Å²) in [5.74, 6) is 1.59. The minimum atomic E-state index is -0.104. The highest BCUT2D eigenvalue weighted by Gasteiger charge is 2.19. The van der Waals surface area contributed by atoms with E-state index in [1.165, 1.54) is 36.7 Å². The van der Waals surface area contributed by atoms with Gasteiger partial charge in [0, 0.05) is 18.1 Å². The fourth-order valence-electron chi connectivity index (χ4n) is 3.33. The van der Waals surface area contributed by atoms with E-state index in [4.69, 9.17) is 0 Å². The maximum Gasteiger partial charge on any atom is 0.223 e. The van der Waals surface area contributed by atoms with E-state index >= 15 is 0 Å². The van der Waals surface area contributed by atoms with Gasteiger partial charge >= 0.3 is 0 Å². The highest BCUT2D eigenvalue weighted by atomic mass is 32.2. The molecule has 0 radical (unpaired) electrons. The van der Waals surface area contributed by atoms with Crippen molar-refractivity contribution in [1.29, 1.82) is 0 Å². The van der Waals surface area contributed by atoms with Crippen molar-refractivity contribution in [2.75, 3.05) is 18.4 Å². The number of nitrogens with one attached hydrogen (secondary N) is 1. The first-order chi connectivity index (χ1) is 14.2. The molecule has 9 heteroatoms. The first kappa shape index (κ1) is 20.1. The van der Waals surface area contributed by atoms with Crippen LogP contribution in [-0.2, 0) is 23.6 Å². The number of benzene rings is 1. The quantitative estimate of drug-likeness (QED) is 0.552. The Labute approximate surface area is 178 Å². The van der Waals surface area contributed by atoms with Gasteiger partial charge in [-0.25, -0.2) is 4.98 Å². The molecule has 0 unspecified atom stereocenters. The summed E-state index contributed by atoms with van der Waals surface area (Å²) in [7, 11) is 0. The average Bonchev–Trinajstić information content (AvgIpc) is 3.45. The second kappa shape index (κ2) is 9.51. The molecule has 4 rings (SSSR count). The SMILES string of the molecule is CC(=O)Nc1nc(CSc2nnc(CN3CCCC3)n2Cc2ccccc2)cs1. The maximum atomic E-state index is 11.2. The molecule has 0 saturated carbocycles. The van der Waals surface area contributed by atoms with Crippen LogP contribution in [0.2, 0.25) is 0 Å². The smallest absolute Gasteiger partial charge is 0.223 e. The van der Waals surface area contributed by atoms with Gasteiger partial charge in [-0.2, -0.15) is 0 Å². The van der Waals surface area contributed by atoms with Crippen molar-refractivity contribution in [3.05, 3.63) is 52.8 Å². The van der Waals surface area contributed by atoms with E-state index in [0.29, 0.717) is 10.9 Å². The molecule has 0 aliphatic carbocycles. The number of nitrogens with zero attached hydrogens (tertiary/aromatic N) is 5. The molecule has 1 N–H and O–H groups in total. The summed E-state index contributed by atoms with van der Waals surface area (Å²) in [4.78, 5) is 18.1. The van der Waals surface area contributed by atoms with Gasteiger partial charge in [-0.3, -0.25) is 9.69 Å². The third-order valence-corrected chi connectivity index (χ3v) is 6.53. The van der Waals surface area contributed by atoms with E-state index in [2.05, 4.69) is 54.2 Å². The molecule has 2 aromatic heterocycles. The Hall–Kier alpha value is -2.23. The molecule has 1 amide bonds. The van der Waals surface area contributed by atoms with Crippen LogP contribution in [-0.4, -0.2) is 43.6 Å². The Morgan fingerprint density at radius 3 is 2.72 bits per heavy atom. The molecule has 1 saturated heterocycles. The topological polar surface area (TPSA) is 75.9 Å². The first-order valence-corrected chi connectivity index (χ1v) is 11.6. The van der Waals surface area contributed by atoms with Crippen molar-refractivity contribution in [2.24, 2.45) is 0 Å². The van der Waals surface area contributed by atoms with E-state index in [1.807, 2.05) is 11.4 Å². The summed E-state index contributed by atoms with van der Waals surface area (Å²) in [6.45, 7) is 5.35. The molecule has 1 aliphatic rings. The molecule has 152 valence electrons. The number of anilines is 1. The number of aromatic nitrogens is 4. The van der Waals surface area contributed by atoms with E-state index in [1.54, 1.807) is 11.8 Å². The van der Waals surface area contributed by atoms with Gasteiger partial charge in [-0.15, -0.1) is 21.5 Å². The van der Waals surface area contributed by atoms with Gasteiger partial charge in [-0.1, -0.05) is 42.1 Å². The molecule has 0 spiro atoms. The zero-order valence-corrected chi connectivity index (χ0v) is 18.0. The average molecular weight is 429 g/mol. The fraction of sp³-hybridized carbons (Fsp3) is 0.400. The number of likely N-dealkylation sites (tertiary alicyclic amines) is 1. The molecule has 0 atom stereocenters. The number of hydrogen-bond acceptors (Lipinski definition) is 7. The third-order valence-electron chi connectivity index (χ3n) is 4.72. The zero-order valence-electron chi connectivity index (χ0n) is 16.4. The van der Waals surface area contributed by atoms with Crippen molar-refractivity contribution in [3.63, 3.8) is 0 Å². The van der Waals surface area contributed by atoms with Gasteiger partial charge in [0.1, 0.15) is 5.82 Å². The van der Waals surface area contributed by atoms with Gasteiger partial charge in [0.2, 0.25) is 5.91 Å². The van der Waals surface area contributed by atoms with Crippen molar-refractivity contribution in [2.45, 2.75) is 43.8 Å². The highest BCUT2D eigenvalue weighted by molar-refractivity contribution is 7.98. The number of hydrogen-bond donors (Lipinski definition) is 1. The molecular weight excluding hydrogens is 404 g/mol. The molecule has 0 bridgehead atoms. The largest absolute Gasteiger partial charge is 0.302 e. The standard InChI is InChI=1S/C20H24N6OS2/c1-15(27)21-19-22-17(13-28-19)14-29-20-24-23-18(12-25-9-5-6-10-25)26(20)11-16-7-3-2-4-8-16/h2-4,7-8,13H,5-6,9-12,14H2,1H3,(H,21,22,27). The van der Waals surface area contributed by atoms with Crippen LogP contribution in [0, 0.1) is 0 Å². The Kier molecular flexibility index (Phi) is 6.58. The van der Waals surface area contributed by atoms with Gasteiger partial charge < -0.3 is 9.88 Å². The molecule has 3 heterocycles. The Morgan fingerprint density at radius 1 is 1.17 bits per heavy atom. The molecule has 1 aromatic carbocycles. The van der Waals surface area contributed by atoms with Crippen LogP contribution < -0.4 is 5.32 Å². The monoisotopic (exact) mass is 428 g/mol. The Bertz CT molecular complexity index is 949. The lowest BCUT2D eigenvalue weighted by atomic mass is 10.2. The lowest BCUT2D eigenvalue weighted by molar-refractivity contribution is -0.114. The molecular formula is C20H24N6OS2. The third kappa shape index (κ3) is 5.43. The number of amides is 1. The molecule has 1 fully saturated rings. The van der Waals surface area contributed by atoms with Crippen LogP contribution in [0.1, 0.15) is 36.8 Å². The number of carbonyl (C=O) groups excluding carboxylic acids is 1. The van der Waals surface area contributed by atoms with Gasteiger partial charge in [0.25, 0.3) is 0 Å². The van der Waals surface area contributed by atoms with Gasteiger partial charge in [0.05, 0.1) is 18.8 Å². The van der Waals surface area contributed by atoms with E-state index in [0.717, 1.165) is 42.9 Å². The normalized spacial score (nSPS) is 14.4. The van der Waals surface area contributed by atoms with E-state index < -0.39 is 0 Å². The predicted molar refractivity (Wildman–Crippen MR) is 116 cm³/mol. The highest BCUT2D eigenvalue weighted by Crippen LogP contribution is 2.26. The van der Waals surface area contributed by atoms with Gasteiger partial charge in [0.15, 0.2) is 10.3 Å². The van der Waals surface area contributed by atoms with Crippen molar-refractivity contribution in [3.8, 4) is 0 Å². The summed E-state index contributed by atoms with van der Waals surface area (Å²) in [5, 5.41) is 15.2. The Balaban J connectivity index is 1.49. The second-order valence-electron chi connectivity index (χ2n) is 7.07. The summed E-state index contributed by atoms with van der Waals surface area (Å²) in [5.41, 5.74) is 2.16. The second-order valence-corrected chi connectivity index (χ2v) is 8.87. The van der Waals surface area contributed by atoms with E-state index in [-0.39, 0.29) is 5.91 Å². The summed E-state index contributed by atoms with van der Waals surface area (Å²) >= 11 is 3.07. The molecule has 3 aromatic rings. The van der Waals surface area contributed by atoms with Crippen molar-refractivity contribution >= 4 is 34.1 Å². The van der Waals surface area contributed by atoms with Crippen LogP contribution in [0.3, 0.4) is 0 Å². The van der Waals surface area contributed by atoms with Crippen LogP contribution in [0.25, 0.3) is 0 Å². The first-order valence-electron chi connectivity index (χ1n) is 9.70. The lowest BCUT2D eigenvalue weighted by Gasteiger charge is -2.16. The van der Waals surface area contributed by atoms with Crippen LogP contribution in [0.15, 0.2) is 40.9 Å². The minimum Gasteiger partial charge on any atom is -0.302 e. The fourth-order valence-corrected chi connectivity index (χ4v) is 5.04. The van der Waals surface area contributed by atoms with Crippen LogP contribution >= 0.6 is 23.1 Å². The molecule has 29 heavy (non-hydrogen) atoms. The number of carbonyl (C=O) groups is 1. The summed E-state index contributed by atoms with van der Waals surface area (Å²) in [6.07, 6.45) is 2.52. The molecule has 1 aliphatic heterocycles. The van der Waals surface area contributed by atoms with E-state index in [9.17, 15) is 4.79 Å². The number of rotatable bonds is 8. The van der Waals surface area contributed by atoms with Crippen molar-refractivity contribution < 1.29 is 4.79 Å². The minimum absolute atomic E-state index is 0.104. The van der Waals surface area contributed by atoms with Crippen LogP contribution in [0.4, 0.5) is 5.13 Å². The van der Waals surface area contributed by atoms with Gasteiger partial charge in [-0.05, 0) is 31.5 Å².